The summed E-state index contributed by atoms with van der Waals surface area (Å²) in [5.41, 5.74) is 6.73. The molecule has 6 heteroatoms. The number of hydrogen-bond acceptors (Lipinski definition) is 5. The number of nitrogens with zero attached hydrogens (tertiary/aromatic N) is 2. The van der Waals surface area contributed by atoms with Crippen LogP contribution < -0.4 is 10.6 Å². The number of thiophene rings is 2. The van der Waals surface area contributed by atoms with Crippen LogP contribution in [-0.2, 0) is 13.0 Å². The van der Waals surface area contributed by atoms with E-state index in [2.05, 4.69) is 33.5 Å². The Kier molecular flexibility index (Phi) is 4.12. The Morgan fingerprint density at radius 2 is 2.35 bits per heavy atom. The smallest absolute Gasteiger partial charge is 0.198 e. The van der Waals surface area contributed by atoms with Crippen molar-refractivity contribution in [2.24, 2.45) is 10.7 Å². The number of halogens is 1. The third kappa shape index (κ3) is 2.91. The molecule has 2 atom stereocenters. The molecule has 106 valence electrons. The van der Waals surface area contributed by atoms with Crippen molar-refractivity contribution in [3.05, 3.63) is 38.2 Å². The van der Waals surface area contributed by atoms with Crippen LogP contribution in [-0.4, -0.2) is 17.9 Å². The van der Waals surface area contributed by atoms with Gasteiger partial charge >= 0.3 is 0 Å². The molecule has 1 aliphatic rings. The maximum Gasteiger partial charge on any atom is 0.198 e. The highest BCUT2D eigenvalue weighted by atomic mass is 35.5. The summed E-state index contributed by atoms with van der Waals surface area (Å²) in [6.07, 6.45) is 2.78. The van der Waals surface area contributed by atoms with E-state index in [9.17, 15) is 0 Å². The van der Waals surface area contributed by atoms with Crippen molar-refractivity contribution in [1.29, 1.82) is 0 Å². The van der Waals surface area contributed by atoms with Gasteiger partial charge in [-0.3, -0.25) is 4.99 Å². The first-order valence-electron chi connectivity index (χ1n) is 6.48. The molecule has 0 aromatic carbocycles. The molecule has 0 saturated carbocycles. The predicted octanol–water partition coefficient (Wildman–Crippen LogP) is 3.66. The Morgan fingerprint density at radius 1 is 1.50 bits per heavy atom. The number of hydrogen-bond donors (Lipinski definition) is 1. The molecule has 2 aromatic rings. The van der Waals surface area contributed by atoms with Crippen LogP contribution in [0.25, 0.3) is 0 Å². The van der Waals surface area contributed by atoms with Crippen LogP contribution in [0.15, 0.2) is 28.6 Å². The zero-order valence-corrected chi connectivity index (χ0v) is 13.5. The Bertz CT molecular complexity index is 604. The Morgan fingerprint density at radius 3 is 3.05 bits per heavy atom. The molecule has 2 N–H and O–H groups in total. The van der Waals surface area contributed by atoms with E-state index in [4.69, 9.17) is 17.3 Å². The summed E-state index contributed by atoms with van der Waals surface area (Å²) >= 11 is 9.85. The average Bonchev–Trinajstić information content (AvgIpc) is 3.01. The summed E-state index contributed by atoms with van der Waals surface area (Å²) in [4.78, 5) is 10.3. The summed E-state index contributed by atoms with van der Waals surface area (Å²) in [6.45, 7) is 2.82. The standard InChI is InChI=1S/C14H16ClN3S2/c1-9(16)5-11-6-12-13(20-11)7-17-14(15)18(12)8-10-3-2-4-19-10/h2-4,6-7,9,14H,5,8,16H2,1H3/t9-,14?/m0/s1. The zero-order valence-electron chi connectivity index (χ0n) is 11.1. The number of nitrogens with two attached hydrogens (primary N) is 1. The van der Waals surface area contributed by atoms with Crippen molar-refractivity contribution < 1.29 is 0 Å². The molecular formula is C14H16ClN3S2. The van der Waals surface area contributed by atoms with Gasteiger partial charge in [-0.25, -0.2) is 0 Å². The van der Waals surface area contributed by atoms with E-state index in [1.54, 1.807) is 22.7 Å². The molecule has 1 aliphatic heterocycles. The zero-order chi connectivity index (χ0) is 14.1. The summed E-state index contributed by atoms with van der Waals surface area (Å²) < 4.78 is 0. The van der Waals surface area contributed by atoms with Crippen molar-refractivity contribution in [3.63, 3.8) is 0 Å². The number of aliphatic imine (C=N–C) groups is 1. The molecule has 0 bridgehead atoms. The summed E-state index contributed by atoms with van der Waals surface area (Å²) in [7, 11) is 0. The van der Waals surface area contributed by atoms with Gasteiger partial charge in [-0.2, -0.15) is 0 Å². The van der Waals surface area contributed by atoms with E-state index in [1.165, 1.54) is 20.3 Å². The van der Waals surface area contributed by atoms with Crippen molar-refractivity contribution in [3.8, 4) is 0 Å². The number of fused-ring (bicyclic) bond motifs is 1. The lowest BCUT2D eigenvalue weighted by atomic mass is 10.2. The molecular weight excluding hydrogens is 310 g/mol. The second-order valence-electron chi connectivity index (χ2n) is 4.94. The van der Waals surface area contributed by atoms with Crippen molar-refractivity contribution >= 4 is 46.2 Å². The largest absolute Gasteiger partial charge is 0.331 e. The summed E-state index contributed by atoms with van der Waals surface area (Å²) in [5.74, 6) is 0. The van der Waals surface area contributed by atoms with Gasteiger partial charge in [0.2, 0.25) is 0 Å². The third-order valence-corrected chi connectivity index (χ3v) is 5.39. The highest BCUT2D eigenvalue weighted by Gasteiger charge is 2.24. The van der Waals surface area contributed by atoms with Gasteiger partial charge in [-0.1, -0.05) is 17.7 Å². The fourth-order valence-electron chi connectivity index (χ4n) is 2.24. The molecule has 3 nitrogen and oxygen atoms in total. The van der Waals surface area contributed by atoms with Crippen molar-refractivity contribution in [2.75, 3.05) is 4.90 Å². The molecule has 0 amide bonds. The van der Waals surface area contributed by atoms with Crippen LogP contribution in [0.5, 0.6) is 0 Å². The average molecular weight is 326 g/mol. The van der Waals surface area contributed by atoms with Gasteiger partial charge in [0.1, 0.15) is 0 Å². The lowest BCUT2D eigenvalue weighted by molar-refractivity contribution is 0.743. The third-order valence-electron chi connectivity index (χ3n) is 3.10. The van der Waals surface area contributed by atoms with E-state index in [0.29, 0.717) is 0 Å². The minimum atomic E-state index is -0.331. The molecule has 0 fully saturated rings. The number of anilines is 1. The topological polar surface area (TPSA) is 41.6 Å². The summed E-state index contributed by atoms with van der Waals surface area (Å²) in [6, 6.07) is 6.57. The van der Waals surface area contributed by atoms with Crippen LogP contribution in [0.2, 0.25) is 0 Å². The van der Waals surface area contributed by atoms with Gasteiger partial charge in [0.25, 0.3) is 0 Å². The van der Waals surface area contributed by atoms with E-state index in [1.807, 2.05) is 13.1 Å². The van der Waals surface area contributed by atoms with E-state index in [-0.39, 0.29) is 11.7 Å². The Balaban J connectivity index is 1.88. The van der Waals surface area contributed by atoms with Gasteiger partial charge in [-0.05, 0) is 30.9 Å². The fourth-order valence-corrected chi connectivity index (χ4v) is 4.36. The first-order chi connectivity index (χ1) is 9.63. The Hall–Kier alpha value is -0.880. The van der Waals surface area contributed by atoms with Crippen LogP contribution in [0.1, 0.15) is 21.6 Å². The summed E-state index contributed by atoms with van der Waals surface area (Å²) in [5, 5.41) is 2.09. The van der Waals surface area contributed by atoms with Gasteiger partial charge in [0.15, 0.2) is 5.62 Å². The SMILES string of the molecule is C[C@H](N)Cc1cc2c(s1)C=NC(Cl)N2Cc1cccs1. The van der Waals surface area contributed by atoms with E-state index in [0.717, 1.165) is 13.0 Å². The maximum atomic E-state index is 6.35. The van der Waals surface area contributed by atoms with Crippen LogP contribution in [0.3, 0.4) is 0 Å². The first kappa shape index (κ1) is 14.1. The van der Waals surface area contributed by atoms with Gasteiger partial charge in [-0.15, -0.1) is 22.7 Å². The number of alkyl halides is 1. The fraction of sp³-hybridized carbons (Fsp3) is 0.357. The van der Waals surface area contributed by atoms with Gasteiger partial charge < -0.3 is 10.6 Å². The normalized spacial score (nSPS) is 19.1. The molecule has 1 unspecified atom stereocenters. The lowest BCUT2D eigenvalue weighted by Gasteiger charge is -2.29. The lowest BCUT2D eigenvalue weighted by Crippen LogP contribution is -2.31. The molecule has 2 aromatic heterocycles. The van der Waals surface area contributed by atoms with Gasteiger partial charge in [0.05, 0.1) is 17.1 Å². The monoisotopic (exact) mass is 325 g/mol. The molecule has 20 heavy (non-hydrogen) atoms. The second kappa shape index (κ2) is 5.85. The molecule has 0 aliphatic carbocycles. The van der Waals surface area contributed by atoms with E-state index >= 15 is 0 Å². The predicted molar refractivity (Wildman–Crippen MR) is 89.4 cm³/mol. The van der Waals surface area contributed by atoms with Crippen molar-refractivity contribution in [1.82, 2.24) is 0 Å². The molecule has 3 heterocycles. The molecule has 0 saturated heterocycles. The van der Waals surface area contributed by atoms with Crippen LogP contribution in [0.4, 0.5) is 5.69 Å². The minimum absolute atomic E-state index is 0.171. The molecule has 3 rings (SSSR count). The van der Waals surface area contributed by atoms with Crippen LogP contribution >= 0.6 is 34.3 Å². The molecule has 0 spiro atoms. The minimum Gasteiger partial charge on any atom is -0.331 e. The van der Waals surface area contributed by atoms with Gasteiger partial charge in [0, 0.05) is 22.0 Å². The number of rotatable bonds is 4. The first-order valence-corrected chi connectivity index (χ1v) is 8.61. The highest BCUT2D eigenvalue weighted by Crippen LogP contribution is 2.36. The second-order valence-corrected chi connectivity index (χ2v) is 7.53. The van der Waals surface area contributed by atoms with Crippen LogP contribution in [0, 0.1) is 0 Å². The molecule has 0 radical (unpaired) electrons. The maximum absolute atomic E-state index is 6.35. The van der Waals surface area contributed by atoms with Crippen molar-refractivity contribution in [2.45, 2.75) is 31.6 Å². The Labute approximate surface area is 131 Å². The highest BCUT2D eigenvalue weighted by molar-refractivity contribution is 7.14. The van der Waals surface area contributed by atoms with E-state index < -0.39 is 0 Å². The quantitative estimate of drug-likeness (QED) is 0.688.